The third kappa shape index (κ3) is 3.79. The number of hydrogen-bond acceptors (Lipinski definition) is 3. The quantitative estimate of drug-likeness (QED) is 0.778. The molecule has 5 heteroatoms. The topological polar surface area (TPSA) is 64.4 Å². The summed E-state index contributed by atoms with van der Waals surface area (Å²) in [6, 6.07) is 13.6. The number of ether oxygens (including phenoxy) is 1. The molecule has 3 rings (SSSR count). The van der Waals surface area contributed by atoms with Crippen LogP contribution in [0, 0.1) is 6.92 Å². The van der Waals surface area contributed by atoms with E-state index < -0.39 is 0 Å². The molecule has 3 N–H and O–H groups in total. The fraction of sp³-hybridized carbons (Fsp3) is 0.316. The second-order valence-corrected chi connectivity index (χ2v) is 7.04. The number of benzene rings is 2. The van der Waals surface area contributed by atoms with Crippen molar-refractivity contribution in [3.63, 3.8) is 0 Å². The fourth-order valence-electron chi connectivity index (χ4n) is 3.07. The highest BCUT2D eigenvalue weighted by atomic mass is 79.9. The van der Waals surface area contributed by atoms with Crippen LogP contribution in [0.4, 0.5) is 5.69 Å². The largest absolute Gasteiger partial charge is 0.398 e. The van der Waals surface area contributed by atoms with Crippen LogP contribution in [0.1, 0.15) is 40.4 Å². The molecule has 1 heterocycles. The Kier molecular flexibility index (Phi) is 5.21. The minimum absolute atomic E-state index is 0.0372. The highest BCUT2D eigenvalue weighted by Gasteiger charge is 2.27. The molecule has 2 atom stereocenters. The summed E-state index contributed by atoms with van der Waals surface area (Å²) >= 11 is 3.34. The Morgan fingerprint density at radius 3 is 2.83 bits per heavy atom. The van der Waals surface area contributed by atoms with Gasteiger partial charge in [-0.15, -0.1) is 0 Å². The van der Waals surface area contributed by atoms with E-state index >= 15 is 0 Å². The number of amides is 1. The van der Waals surface area contributed by atoms with E-state index in [2.05, 4.69) is 40.3 Å². The Hall–Kier alpha value is -1.85. The zero-order valence-electron chi connectivity index (χ0n) is 13.6. The SMILES string of the molecule is Cc1ccccc1C1CCC(CNC(=O)c2ccc(Br)cc2N)O1. The normalized spacial score (nSPS) is 20.1. The van der Waals surface area contributed by atoms with Crippen molar-refractivity contribution in [1.82, 2.24) is 5.32 Å². The van der Waals surface area contributed by atoms with Gasteiger partial charge in [0.25, 0.3) is 5.91 Å². The summed E-state index contributed by atoms with van der Waals surface area (Å²) in [7, 11) is 0. The van der Waals surface area contributed by atoms with Gasteiger partial charge in [-0.2, -0.15) is 0 Å². The van der Waals surface area contributed by atoms with Gasteiger partial charge in [-0.1, -0.05) is 40.2 Å². The molecular weight excluding hydrogens is 368 g/mol. The average Bonchev–Trinajstić information content (AvgIpc) is 3.02. The van der Waals surface area contributed by atoms with Crippen molar-refractivity contribution in [1.29, 1.82) is 0 Å². The monoisotopic (exact) mass is 388 g/mol. The van der Waals surface area contributed by atoms with Crippen LogP contribution in [-0.2, 0) is 4.74 Å². The van der Waals surface area contributed by atoms with Gasteiger partial charge in [0.1, 0.15) is 0 Å². The highest BCUT2D eigenvalue weighted by molar-refractivity contribution is 9.10. The van der Waals surface area contributed by atoms with Crippen LogP contribution in [-0.4, -0.2) is 18.6 Å². The van der Waals surface area contributed by atoms with E-state index in [-0.39, 0.29) is 18.1 Å². The van der Waals surface area contributed by atoms with Crippen LogP contribution >= 0.6 is 15.9 Å². The van der Waals surface area contributed by atoms with Crippen LogP contribution in [0.15, 0.2) is 46.9 Å². The number of aryl methyl sites for hydroxylation is 1. The second kappa shape index (κ2) is 7.36. The second-order valence-electron chi connectivity index (χ2n) is 6.12. The first-order chi connectivity index (χ1) is 11.5. The first kappa shape index (κ1) is 17.0. The van der Waals surface area contributed by atoms with E-state index in [1.807, 2.05) is 18.2 Å². The average molecular weight is 389 g/mol. The molecule has 0 saturated carbocycles. The molecule has 0 aliphatic carbocycles. The van der Waals surface area contributed by atoms with Crippen molar-refractivity contribution in [2.75, 3.05) is 12.3 Å². The molecule has 24 heavy (non-hydrogen) atoms. The predicted octanol–water partition coefficient (Wildman–Crippen LogP) is 3.99. The van der Waals surface area contributed by atoms with Crippen molar-refractivity contribution in [2.45, 2.75) is 32.0 Å². The van der Waals surface area contributed by atoms with Gasteiger partial charge in [-0.3, -0.25) is 4.79 Å². The maximum atomic E-state index is 12.3. The van der Waals surface area contributed by atoms with Crippen LogP contribution in [0.2, 0.25) is 0 Å². The van der Waals surface area contributed by atoms with Crippen molar-refractivity contribution < 1.29 is 9.53 Å². The van der Waals surface area contributed by atoms with Gasteiger partial charge >= 0.3 is 0 Å². The Morgan fingerprint density at radius 2 is 2.08 bits per heavy atom. The standard InChI is InChI=1S/C19H21BrN2O2/c1-12-4-2-3-5-15(12)18-9-7-14(24-18)11-22-19(23)16-8-6-13(20)10-17(16)21/h2-6,8,10,14,18H,7,9,11,21H2,1H3,(H,22,23). The molecule has 2 unspecified atom stereocenters. The first-order valence-electron chi connectivity index (χ1n) is 8.09. The van der Waals surface area contributed by atoms with Gasteiger partial charge in [0.05, 0.1) is 17.8 Å². The molecule has 0 bridgehead atoms. The van der Waals surface area contributed by atoms with E-state index in [0.29, 0.717) is 17.8 Å². The summed E-state index contributed by atoms with van der Waals surface area (Å²) in [5.41, 5.74) is 9.34. The lowest BCUT2D eigenvalue weighted by molar-refractivity contribution is 0.0433. The number of anilines is 1. The molecule has 2 aromatic carbocycles. The molecule has 0 spiro atoms. The number of carbonyl (C=O) groups excluding carboxylic acids is 1. The smallest absolute Gasteiger partial charge is 0.253 e. The lowest BCUT2D eigenvalue weighted by Crippen LogP contribution is -2.32. The summed E-state index contributed by atoms with van der Waals surface area (Å²) in [5, 5.41) is 2.93. The first-order valence-corrected chi connectivity index (χ1v) is 8.88. The van der Waals surface area contributed by atoms with E-state index in [1.54, 1.807) is 12.1 Å². The number of halogens is 1. The van der Waals surface area contributed by atoms with Gasteiger partial charge in [0.15, 0.2) is 0 Å². The Labute approximate surface area is 150 Å². The summed E-state index contributed by atoms with van der Waals surface area (Å²) in [6.07, 6.45) is 2.07. The number of nitrogens with two attached hydrogens (primary N) is 1. The van der Waals surface area contributed by atoms with E-state index in [4.69, 9.17) is 10.5 Å². The molecule has 0 aromatic heterocycles. The number of nitrogens with one attached hydrogen (secondary N) is 1. The number of nitrogen functional groups attached to an aromatic ring is 1. The zero-order chi connectivity index (χ0) is 17.1. The lowest BCUT2D eigenvalue weighted by Gasteiger charge is -2.16. The van der Waals surface area contributed by atoms with E-state index in [1.165, 1.54) is 11.1 Å². The highest BCUT2D eigenvalue weighted by Crippen LogP contribution is 2.34. The van der Waals surface area contributed by atoms with Crippen LogP contribution in [0.25, 0.3) is 0 Å². The fourth-order valence-corrected chi connectivity index (χ4v) is 3.45. The molecule has 4 nitrogen and oxygen atoms in total. The maximum Gasteiger partial charge on any atom is 0.253 e. The van der Waals surface area contributed by atoms with E-state index in [9.17, 15) is 4.79 Å². The summed E-state index contributed by atoms with van der Waals surface area (Å²) < 4.78 is 6.97. The Bertz CT molecular complexity index is 748. The molecule has 1 fully saturated rings. The molecule has 1 amide bonds. The Balaban J connectivity index is 1.56. The van der Waals surface area contributed by atoms with Crippen molar-refractivity contribution in [3.8, 4) is 0 Å². The van der Waals surface area contributed by atoms with Gasteiger partial charge in [-0.05, 0) is 49.1 Å². The zero-order valence-corrected chi connectivity index (χ0v) is 15.2. The van der Waals surface area contributed by atoms with Gasteiger partial charge < -0.3 is 15.8 Å². The predicted molar refractivity (Wildman–Crippen MR) is 98.9 cm³/mol. The summed E-state index contributed by atoms with van der Waals surface area (Å²) in [5.74, 6) is -0.164. The minimum atomic E-state index is -0.164. The number of hydrogen-bond donors (Lipinski definition) is 2. The van der Waals surface area contributed by atoms with Gasteiger partial charge in [-0.25, -0.2) is 0 Å². The van der Waals surface area contributed by atoms with Gasteiger partial charge in [0.2, 0.25) is 0 Å². The molecule has 1 saturated heterocycles. The van der Waals surface area contributed by atoms with Gasteiger partial charge in [0, 0.05) is 16.7 Å². The molecular formula is C19H21BrN2O2. The summed E-state index contributed by atoms with van der Waals surface area (Å²) in [6.45, 7) is 2.60. The molecule has 1 aliphatic rings. The van der Waals surface area contributed by atoms with Crippen LogP contribution in [0.3, 0.4) is 0 Å². The molecule has 1 aliphatic heterocycles. The van der Waals surface area contributed by atoms with E-state index in [0.717, 1.165) is 17.3 Å². The Morgan fingerprint density at radius 1 is 1.29 bits per heavy atom. The minimum Gasteiger partial charge on any atom is -0.398 e. The van der Waals surface area contributed by atoms with Crippen LogP contribution < -0.4 is 11.1 Å². The number of carbonyl (C=O) groups is 1. The third-order valence-electron chi connectivity index (χ3n) is 4.39. The summed E-state index contributed by atoms with van der Waals surface area (Å²) in [4.78, 5) is 12.3. The lowest BCUT2D eigenvalue weighted by atomic mass is 10.0. The maximum absolute atomic E-state index is 12.3. The molecule has 126 valence electrons. The van der Waals surface area contributed by atoms with Crippen molar-refractivity contribution >= 4 is 27.5 Å². The van der Waals surface area contributed by atoms with Crippen molar-refractivity contribution in [2.24, 2.45) is 0 Å². The number of rotatable bonds is 4. The van der Waals surface area contributed by atoms with Crippen molar-refractivity contribution in [3.05, 3.63) is 63.6 Å². The molecule has 2 aromatic rings. The molecule has 0 radical (unpaired) electrons. The van der Waals surface area contributed by atoms with Crippen LogP contribution in [0.5, 0.6) is 0 Å². The third-order valence-corrected chi connectivity index (χ3v) is 4.88.